The van der Waals surface area contributed by atoms with Crippen molar-refractivity contribution in [1.82, 2.24) is 5.32 Å². The maximum Gasteiger partial charge on any atom is 0.243 e. The van der Waals surface area contributed by atoms with Gasteiger partial charge in [0.25, 0.3) is 0 Å². The summed E-state index contributed by atoms with van der Waals surface area (Å²) in [6.07, 6.45) is 0.212. The second-order valence-electron chi connectivity index (χ2n) is 4.47. The second-order valence-corrected chi connectivity index (χ2v) is 5.38. The highest BCUT2D eigenvalue weighted by atomic mass is 79.9. The Hall–Kier alpha value is -1.40. The number of carbonyl (C=O) groups is 2. The van der Waals surface area contributed by atoms with E-state index in [4.69, 9.17) is 5.73 Å². The lowest BCUT2D eigenvalue weighted by atomic mass is 10.2. The van der Waals surface area contributed by atoms with Crippen LogP contribution in [0.4, 0.5) is 5.69 Å². The molecule has 0 saturated carbocycles. The molecule has 0 fully saturated rings. The van der Waals surface area contributed by atoms with Crippen molar-refractivity contribution in [2.45, 2.75) is 26.3 Å². The number of anilines is 1. The highest BCUT2D eigenvalue weighted by Gasteiger charge is 2.09. The van der Waals surface area contributed by atoms with Crippen LogP contribution in [-0.4, -0.2) is 24.4 Å². The number of amides is 2. The minimum atomic E-state index is -0.265. The molecule has 0 radical (unpaired) electrons. The predicted molar refractivity (Wildman–Crippen MR) is 78.8 cm³/mol. The number of hydrogen-bond acceptors (Lipinski definition) is 3. The van der Waals surface area contributed by atoms with Gasteiger partial charge in [-0.05, 0) is 31.5 Å². The Morgan fingerprint density at radius 2 is 2.05 bits per heavy atom. The number of nitrogens with two attached hydrogens (primary N) is 1. The Labute approximate surface area is 121 Å². The van der Waals surface area contributed by atoms with Gasteiger partial charge in [-0.3, -0.25) is 9.59 Å². The minimum Gasteiger partial charge on any atom is -0.347 e. The van der Waals surface area contributed by atoms with Crippen LogP contribution in [-0.2, 0) is 9.59 Å². The molecule has 0 spiro atoms. The summed E-state index contributed by atoms with van der Waals surface area (Å²) >= 11 is 3.34. The maximum atomic E-state index is 11.7. The molecule has 1 aromatic carbocycles. The average Bonchev–Trinajstić information content (AvgIpc) is 2.30. The number of rotatable bonds is 5. The maximum absolute atomic E-state index is 11.7. The zero-order valence-electron chi connectivity index (χ0n) is 11.0. The fourth-order valence-corrected chi connectivity index (χ4v) is 1.83. The summed E-state index contributed by atoms with van der Waals surface area (Å²) in [5.41, 5.74) is 7.17. The summed E-state index contributed by atoms with van der Waals surface area (Å²) in [4.78, 5) is 23.0. The SMILES string of the molecule is Cc1ccc(Br)cc1NC(=O)CNC(=O)CC(C)N. The molecule has 5 nitrogen and oxygen atoms in total. The highest BCUT2D eigenvalue weighted by Crippen LogP contribution is 2.20. The van der Waals surface area contributed by atoms with Gasteiger partial charge in [0.2, 0.25) is 11.8 Å². The van der Waals surface area contributed by atoms with Gasteiger partial charge < -0.3 is 16.4 Å². The zero-order chi connectivity index (χ0) is 14.4. The van der Waals surface area contributed by atoms with Crippen molar-refractivity contribution in [3.8, 4) is 0 Å². The lowest BCUT2D eigenvalue weighted by molar-refractivity contribution is -0.124. The summed E-state index contributed by atoms with van der Waals surface area (Å²) in [5.74, 6) is -0.490. The van der Waals surface area contributed by atoms with Gasteiger partial charge in [0, 0.05) is 22.6 Å². The minimum absolute atomic E-state index is 0.0580. The van der Waals surface area contributed by atoms with Gasteiger partial charge in [0.05, 0.1) is 6.54 Å². The van der Waals surface area contributed by atoms with Crippen molar-refractivity contribution < 1.29 is 9.59 Å². The van der Waals surface area contributed by atoms with Crippen LogP contribution in [0.25, 0.3) is 0 Å². The molecule has 2 amide bonds. The molecule has 0 heterocycles. The molecule has 0 aromatic heterocycles. The highest BCUT2D eigenvalue weighted by molar-refractivity contribution is 9.10. The molecule has 19 heavy (non-hydrogen) atoms. The number of carbonyl (C=O) groups excluding carboxylic acids is 2. The first-order valence-electron chi connectivity index (χ1n) is 5.96. The molecule has 4 N–H and O–H groups in total. The standard InChI is InChI=1S/C13H18BrN3O2/c1-8-3-4-10(14)6-11(8)17-13(19)7-16-12(18)5-9(2)15/h3-4,6,9H,5,7,15H2,1-2H3,(H,16,18)(H,17,19). The van der Waals surface area contributed by atoms with Gasteiger partial charge in [0.1, 0.15) is 0 Å². The average molecular weight is 328 g/mol. The predicted octanol–water partition coefficient (Wildman–Crippen LogP) is 1.55. The van der Waals surface area contributed by atoms with Gasteiger partial charge in [-0.1, -0.05) is 22.0 Å². The van der Waals surface area contributed by atoms with Crippen LogP contribution in [0.15, 0.2) is 22.7 Å². The fraction of sp³-hybridized carbons (Fsp3) is 0.385. The molecule has 0 aliphatic rings. The molecule has 0 aliphatic heterocycles. The van der Waals surface area contributed by atoms with E-state index in [9.17, 15) is 9.59 Å². The summed E-state index contributed by atoms with van der Waals surface area (Å²) in [6, 6.07) is 5.40. The van der Waals surface area contributed by atoms with Crippen LogP contribution >= 0.6 is 15.9 Å². The van der Waals surface area contributed by atoms with E-state index in [0.29, 0.717) is 0 Å². The van der Waals surface area contributed by atoms with E-state index in [0.717, 1.165) is 15.7 Å². The smallest absolute Gasteiger partial charge is 0.243 e. The lowest BCUT2D eigenvalue weighted by Crippen LogP contribution is -2.35. The molecule has 6 heteroatoms. The van der Waals surface area contributed by atoms with Gasteiger partial charge in [-0.15, -0.1) is 0 Å². The van der Waals surface area contributed by atoms with Gasteiger partial charge in [-0.2, -0.15) is 0 Å². The molecular formula is C13H18BrN3O2. The quantitative estimate of drug-likeness (QED) is 0.767. The number of hydrogen-bond donors (Lipinski definition) is 3. The van der Waals surface area contributed by atoms with Crippen molar-refractivity contribution in [2.24, 2.45) is 5.73 Å². The van der Waals surface area contributed by atoms with Crippen LogP contribution in [0.5, 0.6) is 0 Å². The molecule has 0 saturated heterocycles. The summed E-state index contributed by atoms with van der Waals surface area (Å²) in [7, 11) is 0. The Balaban J connectivity index is 2.47. The van der Waals surface area contributed by atoms with E-state index < -0.39 is 0 Å². The normalized spacial score (nSPS) is 11.8. The first-order valence-corrected chi connectivity index (χ1v) is 6.76. The first kappa shape index (κ1) is 15.7. The number of halogens is 1. The van der Waals surface area contributed by atoms with E-state index in [-0.39, 0.29) is 30.8 Å². The second kappa shape index (κ2) is 7.25. The summed E-state index contributed by atoms with van der Waals surface area (Å²) < 4.78 is 0.884. The Morgan fingerprint density at radius 1 is 1.37 bits per heavy atom. The van der Waals surface area contributed by atoms with Crippen LogP contribution in [0.1, 0.15) is 18.9 Å². The van der Waals surface area contributed by atoms with Crippen molar-refractivity contribution in [2.75, 3.05) is 11.9 Å². The van der Waals surface area contributed by atoms with Crippen molar-refractivity contribution in [1.29, 1.82) is 0 Å². The summed E-state index contributed by atoms with van der Waals surface area (Å²) in [5, 5.41) is 5.27. The van der Waals surface area contributed by atoms with Crippen molar-refractivity contribution in [3.05, 3.63) is 28.2 Å². The van der Waals surface area contributed by atoms with E-state index >= 15 is 0 Å². The molecule has 1 aromatic rings. The molecule has 0 aliphatic carbocycles. The Kier molecular flexibility index (Phi) is 5.98. The Morgan fingerprint density at radius 3 is 2.68 bits per heavy atom. The number of aryl methyl sites for hydroxylation is 1. The molecule has 1 rings (SSSR count). The monoisotopic (exact) mass is 327 g/mol. The van der Waals surface area contributed by atoms with E-state index in [2.05, 4.69) is 26.6 Å². The van der Waals surface area contributed by atoms with Gasteiger partial charge in [0.15, 0.2) is 0 Å². The number of benzene rings is 1. The van der Waals surface area contributed by atoms with Crippen LogP contribution in [0, 0.1) is 6.92 Å². The Bertz CT molecular complexity index is 475. The van der Waals surface area contributed by atoms with Gasteiger partial charge >= 0.3 is 0 Å². The number of nitrogens with one attached hydrogen (secondary N) is 2. The zero-order valence-corrected chi connectivity index (χ0v) is 12.6. The largest absolute Gasteiger partial charge is 0.347 e. The summed E-state index contributed by atoms with van der Waals surface area (Å²) in [6.45, 7) is 3.58. The lowest BCUT2D eigenvalue weighted by Gasteiger charge is -2.10. The molecule has 1 unspecified atom stereocenters. The van der Waals surface area contributed by atoms with Crippen LogP contribution in [0.2, 0.25) is 0 Å². The molecular weight excluding hydrogens is 310 g/mol. The molecule has 1 atom stereocenters. The first-order chi connectivity index (χ1) is 8.88. The van der Waals surface area contributed by atoms with Crippen LogP contribution < -0.4 is 16.4 Å². The van der Waals surface area contributed by atoms with E-state index in [1.165, 1.54) is 0 Å². The third kappa shape index (κ3) is 5.85. The van der Waals surface area contributed by atoms with Crippen LogP contribution in [0.3, 0.4) is 0 Å². The van der Waals surface area contributed by atoms with E-state index in [1.54, 1.807) is 6.92 Å². The van der Waals surface area contributed by atoms with Crippen molar-refractivity contribution in [3.63, 3.8) is 0 Å². The van der Waals surface area contributed by atoms with Crippen molar-refractivity contribution >= 4 is 33.4 Å². The van der Waals surface area contributed by atoms with E-state index in [1.807, 2.05) is 25.1 Å². The molecule has 0 bridgehead atoms. The topological polar surface area (TPSA) is 84.2 Å². The fourth-order valence-electron chi connectivity index (χ4n) is 1.47. The third-order valence-electron chi connectivity index (χ3n) is 2.43. The third-order valence-corrected chi connectivity index (χ3v) is 2.92. The molecule has 104 valence electrons. The van der Waals surface area contributed by atoms with Gasteiger partial charge in [-0.25, -0.2) is 0 Å².